The van der Waals surface area contributed by atoms with Crippen molar-refractivity contribution in [3.8, 4) is 11.3 Å². The second-order valence-electron chi connectivity index (χ2n) is 8.90. The molecule has 1 fully saturated rings. The predicted molar refractivity (Wildman–Crippen MR) is 121 cm³/mol. The molecule has 8 heteroatoms. The summed E-state index contributed by atoms with van der Waals surface area (Å²) in [7, 11) is 3.66. The van der Waals surface area contributed by atoms with Crippen LogP contribution in [-0.2, 0) is 24.7 Å². The highest BCUT2D eigenvalue weighted by Gasteiger charge is 2.26. The van der Waals surface area contributed by atoms with Crippen LogP contribution in [0.3, 0.4) is 0 Å². The fourth-order valence-electron chi connectivity index (χ4n) is 4.89. The third-order valence-corrected chi connectivity index (χ3v) is 6.78. The van der Waals surface area contributed by atoms with E-state index in [9.17, 15) is 9.59 Å². The molecule has 5 rings (SSSR count). The van der Waals surface area contributed by atoms with Crippen molar-refractivity contribution in [3.63, 3.8) is 0 Å². The van der Waals surface area contributed by atoms with E-state index in [4.69, 9.17) is 0 Å². The zero-order valence-corrected chi connectivity index (χ0v) is 18.5. The molecule has 0 saturated carbocycles. The SMILES string of the molecule is CN1C(=O)CCc2cc(-c3n[nH]cc3CC3CCN(C(=O)c4cnn(C)c4)CC3)ccc21. The number of hydrogen-bond acceptors (Lipinski definition) is 4. The molecule has 2 aliphatic heterocycles. The number of piperidine rings is 1. The topological polar surface area (TPSA) is 87.1 Å². The second kappa shape index (κ2) is 8.26. The normalized spacial score (nSPS) is 17.0. The molecule has 1 N–H and O–H groups in total. The molecule has 0 aliphatic carbocycles. The summed E-state index contributed by atoms with van der Waals surface area (Å²) in [6, 6.07) is 6.26. The van der Waals surface area contributed by atoms with Crippen LogP contribution in [0.1, 0.15) is 40.7 Å². The first-order valence-corrected chi connectivity index (χ1v) is 11.2. The Kier molecular flexibility index (Phi) is 5.28. The largest absolute Gasteiger partial charge is 0.339 e. The van der Waals surface area contributed by atoms with E-state index in [0.29, 0.717) is 17.9 Å². The molecule has 2 amide bonds. The average molecular weight is 433 g/mol. The summed E-state index contributed by atoms with van der Waals surface area (Å²) in [6.45, 7) is 1.54. The number of likely N-dealkylation sites (tertiary alicyclic amines) is 1. The molecule has 0 unspecified atom stereocenters. The van der Waals surface area contributed by atoms with E-state index >= 15 is 0 Å². The van der Waals surface area contributed by atoms with Crippen molar-refractivity contribution < 1.29 is 9.59 Å². The standard InChI is InChI=1S/C24H28N6O2/c1-28-15-20(14-26-28)24(32)30-9-7-16(8-10-30)11-19-13-25-27-23(19)18-3-5-21-17(12-18)4-6-22(31)29(21)2/h3,5,12-16H,4,6-11H2,1-2H3,(H,25,27). The van der Waals surface area contributed by atoms with E-state index < -0.39 is 0 Å². The van der Waals surface area contributed by atoms with E-state index in [2.05, 4.69) is 27.4 Å². The Bertz CT molecular complexity index is 1150. The van der Waals surface area contributed by atoms with E-state index in [0.717, 1.165) is 55.7 Å². The highest BCUT2D eigenvalue weighted by Crippen LogP contribution is 2.33. The molecule has 0 spiro atoms. The maximum atomic E-state index is 12.7. The Labute approximate surface area is 187 Å². The van der Waals surface area contributed by atoms with Crippen LogP contribution >= 0.6 is 0 Å². The number of carbonyl (C=O) groups is 2. The van der Waals surface area contributed by atoms with Crippen molar-refractivity contribution in [2.75, 3.05) is 25.0 Å². The van der Waals surface area contributed by atoms with E-state index in [1.807, 2.05) is 31.3 Å². The molecular formula is C24H28N6O2. The molecule has 32 heavy (non-hydrogen) atoms. The highest BCUT2D eigenvalue weighted by molar-refractivity contribution is 5.96. The van der Waals surface area contributed by atoms with E-state index in [1.165, 1.54) is 11.1 Å². The minimum Gasteiger partial charge on any atom is -0.339 e. The Morgan fingerprint density at radius 1 is 1.19 bits per heavy atom. The first-order valence-electron chi connectivity index (χ1n) is 11.2. The van der Waals surface area contributed by atoms with Crippen LogP contribution in [0, 0.1) is 5.92 Å². The monoisotopic (exact) mass is 432 g/mol. The number of benzene rings is 1. The number of hydrogen-bond donors (Lipinski definition) is 1. The summed E-state index contributed by atoms with van der Waals surface area (Å²) in [4.78, 5) is 28.3. The van der Waals surface area contributed by atoms with Crippen molar-refractivity contribution in [1.29, 1.82) is 0 Å². The molecule has 3 aromatic rings. The van der Waals surface area contributed by atoms with Crippen LogP contribution in [0.15, 0.2) is 36.8 Å². The van der Waals surface area contributed by atoms with Gasteiger partial charge in [0.05, 0.1) is 17.5 Å². The molecule has 0 atom stereocenters. The van der Waals surface area contributed by atoms with Crippen LogP contribution in [-0.4, -0.2) is 56.8 Å². The molecule has 0 radical (unpaired) electrons. The molecule has 166 valence electrons. The van der Waals surface area contributed by atoms with Crippen LogP contribution in [0.25, 0.3) is 11.3 Å². The molecule has 4 heterocycles. The fourth-order valence-corrected chi connectivity index (χ4v) is 4.89. The Hall–Kier alpha value is -3.42. The third-order valence-electron chi connectivity index (χ3n) is 6.78. The number of amides is 2. The molecule has 1 saturated heterocycles. The number of H-pyrrole nitrogens is 1. The lowest BCUT2D eigenvalue weighted by Gasteiger charge is -2.31. The number of rotatable bonds is 4. The third kappa shape index (κ3) is 3.81. The minimum atomic E-state index is 0.0676. The summed E-state index contributed by atoms with van der Waals surface area (Å²) in [5.74, 6) is 0.753. The number of aromatic amines is 1. The summed E-state index contributed by atoms with van der Waals surface area (Å²) in [5.41, 5.74) is 6.13. The maximum absolute atomic E-state index is 12.7. The molecular weight excluding hydrogens is 404 g/mol. The number of nitrogens with zero attached hydrogens (tertiary/aromatic N) is 5. The zero-order valence-electron chi connectivity index (χ0n) is 18.5. The van der Waals surface area contributed by atoms with Crippen molar-refractivity contribution >= 4 is 17.5 Å². The molecule has 2 aliphatic rings. The van der Waals surface area contributed by atoms with Gasteiger partial charge < -0.3 is 9.80 Å². The number of fused-ring (bicyclic) bond motifs is 1. The van der Waals surface area contributed by atoms with Crippen LogP contribution in [0.2, 0.25) is 0 Å². The van der Waals surface area contributed by atoms with Gasteiger partial charge in [-0.1, -0.05) is 6.07 Å². The van der Waals surface area contributed by atoms with Crippen molar-refractivity contribution in [1.82, 2.24) is 24.9 Å². The molecule has 2 aromatic heterocycles. The lowest BCUT2D eigenvalue weighted by atomic mass is 9.88. The van der Waals surface area contributed by atoms with Gasteiger partial charge in [-0.2, -0.15) is 10.2 Å². The highest BCUT2D eigenvalue weighted by atomic mass is 16.2. The molecule has 8 nitrogen and oxygen atoms in total. The fraction of sp³-hybridized carbons (Fsp3) is 0.417. The number of carbonyl (C=O) groups excluding carboxylic acids is 2. The van der Waals surface area contributed by atoms with Gasteiger partial charge in [-0.25, -0.2) is 0 Å². The van der Waals surface area contributed by atoms with Gasteiger partial charge in [0.15, 0.2) is 0 Å². The first-order chi connectivity index (χ1) is 15.5. The predicted octanol–water partition coefficient (Wildman–Crippen LogP) is 2.81. The number of aromatic nitrogens is 4. The van der Waals surface area contributed by atoms with Gasteiger partial charge in [0.1, 0.15) is 0 Å². The Morgan fingerprint density at radius 2 is 2.00 bits per heavy atom. The summed E-state index contributed by atoms with van der Waals surface area (Å²) in [5, 5.41) is 11.7. The number of aryl methyl sites for hydroxylation is 2. The lowest BCUT2D eigenvalue weighted by Crippen LogP contribution is -2.38. The summed E-state index contributed by atoms with van der Waals surface area (Å²) < 4.78 is 1.66. The van der Waals surface area contributed by atoms with Crippen LogP contribution in [0.5, 0.6) is 0 Å². The van der Waals surface area contributed by atoms with Crippen molar-refractivity contribution in [3.05, 3.63) is 53.5 Å². The van der Waals surface area contributed by atoms with Crippen LogP contribution < -0.4 is 4.90 Å². The zero-order chi connectivity index (χ0) is 22.2. The maximum Gasteiger partial charge on any atom is 0.257 e. The smallest absolute Gasteiger partial charge is 0.257 e. The number of anilines is 1. The number of nitrogens with one attached hydrogen (secondary N) is 1. The average Bonchev–Trinajstić information content (AvgIpc) is 3.45. The van der Waals surface area contributed by atoms with Gasteiger partial charge in [-0.05, 0) is 54.9 Å². The van der Waals surface area contributed by atoms with Crippen molar-refractivity contribution in [2.24, 2.45) is 13.0 Å². The quantitative estimate of drug-likeness (QED) is 0.687. The van der Waals surface area contributed by atoms with Gasteiger partial charge >= 0.3 is 0 Å². The van der Waals surface area contributed by atoms with Gasteiger partial charge in [0, 0.05) is 57.3 Å². The van der Waals surface area contributed by atoms with E-state index in [1.54, 1.807) is 22.0 Å². The second-order valence-corrected chi connectivity index (χ2v) is 8.90. The summed E-state index contributed by atoms with van der Waals surface area (Å²) in [6.07, 6.45) is 9.64. The van der Waals surface area contributed by atoms with Crippen LogP contribution in [0.4, 0.5) is 5.69 Å². The minimum absolute atomic E-state index is 0.0676. The van der Waals surface area contributed by atoms with Gasteiger partial charge in [0.2, 0.25) is 5.91 Å². The summed E-state index contributed by atoms with van der Waals surface area (Å²) >= 11 is 0. The van der Waals surface area contributed by atoms with Gasteiger partial charge in [0.25, 0.3) is 5.91 Å². The van der Waals surface area contributed by atoms with E-state index in [-0.39, 0.29) is 11.8 Å². The van der Waals surface area contributed by atoms with Crippen molar-refractivity contribution in [2.45, 2.75) is 32.1 Å². The Balaban J connectivity index is 1.25. The van der Waals surface area contributed by atoms with Gasteiger partial charge in [-0.3, -0.25) is 19.4 Å². The molecule has 1 aromatic carbocycles. The molecule has 0 bridgehead atoms. The lowest BCUT2D eigenvalue weighted by molar-refractivity contribution is -0.118. The first kappa shape index (κ1) is 20.5. The van der Waals surface area contributed by atoms with Gasteiger partial charge in [-0.15, -0.1) is 0 Å². The Morgan fingerprint density at radius 3 is 2.75 bits per heavy atom.